The zero-order valence-electron chi connectivity index (χ0n) is 15.0. The smallest absolute Gasteiger partial charge is 0.258 e. The van der Waals surface area contributed by atoms with E-state index in [0.717, 1.165) is 22.6 Å². The Labute approximate surface area is 161 Å². The number of nitriles is 1. The van der Waals surface area contributed by atoms with E-state index in [-0.39, 0.29) is 5.69 Å². The van der Waals surface area contributed by atoms with Crippen LogP contribution < -0.4 is 0 Å². The molecule has 0 aliphatic heterocycles. The number of non-ortho nitro benzene ring substituents is 1. The summed E-state index contributed by atoms with van der Waals surface area (Å²) in [6, 6.07) is 16.5. The maximum atomic E-state index is 11.0. The molecule has 3 aromatic rings. The quantitative estimate of drug-likeness (QED) is 0.328. The number of hydrogen-bond donors (Lipinski definition) is 0. The second-order valence-corrected chi connectivity index (χ2v) is 7.12. The maximum Gasteiger partial charge on any atom is 0.270 e. The van der Waals surface area contributed by atoms with Gasteiger partial charge in [0.15, 0.2) is 0 Å². The van der Waals surface area contributed by atoms with E-state index in [9.17, 15) is 15.4 Å². The summed E-state index contributed by atoms with van der Waals surface area (Å²) in [4.78, 5) is 16.3. The summed E-state index contributed by atoms with van der Waals surface area (Å²) in [5, 5.41) is 21.2. The molecule has 5 nitrogen and oxygen atoms in total. The van der Waals surface area contributed by atoms with Crippen LogP contribution in [0.4, 0.5) is 5.69 Å². The molecular weight excluding hydrogens is 358 g/mol. The summed E-state index contributed by atoms with van der Waals surface area (Å²) in [7, 11) is 0. The lowest BCUT2D eigenvalue weighted by Gasteiger charge is -2.00. The minimum atomic E-state index is -0.447. The normalized spacial score (nSPS) is 11.2. The van der Waals surface area contributed by atoms with Crippen molar-refractivity contribution in [1.29, 1.82) is 5.26 Å². The van der Waals surface area contributed by atoms with E-state index in [4.69, 9.17) is 4.98 Å². The van der Waals surface area contributed by atoms with Crippen molar-refractivity contribution in [3.63, 3.8) is 0 Å². The van der Waals surface area contributed by atoms with E-state index >= 15 is 0 Å². The van der Waals surface area contributed by atoms with Gasteiger partial charge in [-0.25, -0.2) is 4.98 Å². The minimum absolute atomic E-state index is 0.00484. The maximum absolute atomic E-state index is 11.0. The van der Waals surface area contributed by atoms with Crippen molar-refractivity contribution in [2.24, 2.45) is 0 Å². The Morgan fingerprint density at radius 3 is 2.67 bits per heavy atom. The number of hydrogen-bond acceptors (Lipinski definition) is 5. The lowest BCUT2D eigenvalue weighted by Crippen LogP contribution is -1.88. The van der Waals surface area contributed by atoms with Crippen LogP contribution in [-0.4, -0.2) is 9.91 Å². The molecule has 1 heterocycles. The molecule has 0 amide bonds. The van der Waals surface area contributed by atoms with Crippen LogP contribution in [0.25, 0.3) is 22.9 Å². The van der Waals surface area contributed by atoms with Gasteiger partial charge in [0, 0.05) is 22.6 Å². The first kappa shape index (κ1) is 18.5. The van der Waals surface area contributed by atoms with E-state index in [0.29, 0.717) is 16.1 Å². The Hall–Kier alpha value is -3.30. The van der Waals surface area contributed by atoms with Gasteiger partial charge in [-0.05, 0) is 25.0 Å². The van der Waals surface area contributed by atoms with Crippen molar-refractivity contribution >= 4 is 28.7 Å². The number of aromatic nitrogens is 1. The monoisotopic (exact) mass is 375 g/mol. The molecule has 0 saturated carbocycles. The first-order valence-corrected chi connectivity index (χ1v) is 9.27. The number of rotatable bonds is 5. The molecule has 134 valence electrons. The number of aryl methyl sites for hydroxylation is 2. The SMILES string of the molecule is CCc1sc(/C(C#N)=C/c2cccc([N+](=O)[O-])c2)nc1-c1ccc(C)cc1. The van der Waals surface area contributed by atoms with Crippen molar-refractivity contribution in [1.82, 2.24) is 4.98 Å². The molecule has 0 bridgehead atoms. The number of benzene rings is 2. The summed E-state index contributed by atoms with van der Waals surface area (Å²) in [6.07, 6.45) is 2.46. The summed E-state index contributed by atoms with van der Waals surface area (Å²) < 4.78 is 0. The third kappa shape index (κ3) is 4.10. The van der Waals surface area contributed by atoms with Gasteiger partial charge in [0.05, 0.1) is 16.2 Å². The Bertz CT molecular complexity index is 1060. The molecule has 0 fully saturated rings. The number of thiazole rings is 1. The van der Waals surface area contributed by atoms with Gasteiger partial charge in [-0.1, -0.05) is 48.9 Å². The summed E-state index contributed by atoms with van der Waals surface area (Å²) >= 11 is 1.49. The van der Waals surface area contributed by atoms with E-state index < -0.39 is 4.92 Å². The minimum Gasteiger partial charge on any atom is -0.258 e. The van der Waals surface area contributed by atoms with Crippen LogP contribution in [0.5, 0.6) is 0 Å². The third-order valence-corrected chi connectivity index (χ3v) is 5.32. The molecule has 0 spiro atoms. The summed E-state index contributed by atoms with van der Waals surface area (Å²) in [5.74, 6) is 0. The Balaban J connectivity index is 2.04. The van der Waals surface area contributed by atoms with E-state index in [2.05, 4.69) is 13.0 Å². The Morgan fingerprint density at radius 2 is 2.04 bits per heavy atom. The average Bonchev–Trinajstić information content (AvgIpc) is 3.11. The Kier molecular flexibility index (Phi) is 5.43. The van der Waals surface area contributed by atoms with Gasteiger partial charge in [-0.3, -0.25) is 10.1 Å². The molecule has 0 radical (unpaired) electrons. The van der Waals surface area contributed by atoms with Crippen LogP contribution in [0.1, 0.15) is 27.9 Å². The van der Waals surface area contributed by atoms with Gasteiger partial charge in [-0.15, -0.1) is 11.3 Å². The fourth-order valence-electron chi connectivity index (χ4n) is 2.68. The van der Waals surface area contributed by atoms with Gasteiger partial charge >= 0.3 is 0 Å². The highest BCUT2D eigenvalue weighted by Crippen LogP contribution is 2.33. The predicted octanol–water partition coefficient (Wildman–Crippen LogP) is 5.65. The van der Waals surface area contributed by atoms with Crippen LogP contribution in [0.3, 0.4) is 0 Å². The van der Waals surface area contributed by atoms with Gasteiger partial charge in [0.25, 0.3) is 5.69 Å². The van der Waals surface area contributed by atoms with Gasteiger partial charge in [0.1, 0.15) is 11.1 Å². The zero-order valence-corrected chi connectivity index (χ0v) is 15.8. The number of nitrogens with zero attached hydrogens (tertiary/aromatic N) is 3. The summed E-state index contributed by atoms with van der Waals surface area (Å²) in [5.41, 5.74) is 4.08. The molecule has 0 aliphatic rings. The highest BCUT2D eigenvalue weighted by atomic mass is 32.1. The number of nitro benzene ring substituents is 1. The predicted molar refractivity (Wildman–Crippen MR) is 108 cm³/mol. The number of nitro groups is 1. The topological polar surface area (TPSA) is 79.8 Å². The Morgan fingerprint density at radius 1 is 1.30 bits per heavy atom. The fraction of sp³-hybridized carbons (Fsp3) is 0.143. The van der Waals surface area contributed by atoms with Crippen molar-refractivity contribution in [2.75, 3.05) is 0 Å². The zero-order chi connectivity index (χ0) is 19.4. The van der Waals surface area contributed by atoms with Crippen molar-refractivity contribution < 1.29 is 4.92 Å². The molecule has 0 unspecified atom stereocenters. The largest absolute Gasteiger partial charge is 0.270 e. The first-order chi connectivity index (χ1) is 13.0. The molecule has 0 atom stereocenters. The highest BCUT2D eigenvalue weighted by molar-refractivity contribution is 7.13. The fourth-order valence-corrected chi connectivity index (χ4v) is 3.67. The standard InChI is InChI=1S/C21H17N3O2S/c1-3-19-20(16-9-7-14(2)8-10-16)23-21(27-19)17(13-22)11-15-5-4-6-18(12-15)24(25)26/h4-12H,3H2,1-2H3/b17-11+. The van der Waals surface area contributed by atoms with Crippen molar-refractivity contribution in [2.45, 2.75) is 20.3 Å². The van der Waals surface area contributed by atoms with Crippen molar-refractivity contribution in [3.05, 3.63) is 79.7 Å². The molecule has 27 heavy (non-hydrogen) atoms. The van der Waals surface area contributed by atoms with Gasteiger partial charge < -0.3 is 0 Å². The first-order valence-electron chi connectivity index (χ1n) is 8.45. The molecule has 1 aromatic heterocycles. The van der Waals surface area contributed by atoms with E-state index in [1.807, 2.05) is 31.2 Å². The molecule has 3 rings (SSSR count). The van der Waals surface area contributed by atoms with E-state index in [1.54, 1.807) is 18.2 Å². The van der Waals surface area contributed by atoms with Crippen LogP contribution in [0.2, 0.25) is 0 Å². The van der Waals surface area contributed by atoms with Gasteiger partial charge in [-0.2, -0.15) is 5.26 Å². The average molecular weight is 375 g/mol. The molecular formula is C21H17N3O2S. The molecule has 0 N–H and O–H groups in total. The van der Waals surface area contributed by atoms with E-state index in [1.165, 1.54) is 29.0 Å². The van der Waals surface area contributed by atoms with Crippen LogP contribution >= 0.6 is 11.3 Å². The lowest BCUT2D eigenvalue weighted by atomic mass is 10.1. The molecule has 6 heteroatoms. The van der Waals surface area contributed by atoms with Crippen molar-refractivity contribution in [3.8, 4) is 17.3 Å². The van der Waals surface area contributed by atoms with Gasteiger partial charge in [0.2, 0.25) is 0 Å². The third-order valence-electron chi connectivity index (χ3n) is 4.09. The van der Waals surface area contributed by atoms with Crippen LogP contribution in [0, 0.1) is 28.4 Å². The molecule has 0 saturated heterocycles. The number of allylic oxidation sites excluding steroid dienone is 1. The summed E-state index contributed by atoms with van der Waals surface area (Å²) in [6.45, 7) is 4.10. The van der Waals surface area contributed by atoms with Crippen LogP contribution in [-0.2, 0) is 6.42 Å². The lowest BCUT2D eigenvalue weighted by molar-refractivity contribution is -0.384. The molecule has 0 aliphatic carbocycles. The molecule has 2 aromatic carbocycles. The second-order valence-electron chi connectivity index (χ2n) is 6.03. The highest BCUT2D eigenvalue weighted by Gasteiger charge is 2.15. The van der Waals surface area contributed by atoms with Crippen LogP contribution in [0.15, 0.2) is 48.5 Å². The second kappa shape index (κ2) is 7.94.